The molecule has 0 amide bonds. The van der Waals surface area contributed by atoms with Crippen LogP contribution in [-0.4, -0.2) is 0 Å². The van der Waals surface area contributed by atoms with E-state index in [4.69, 9.17) is 5.73 Å². The standard InChI is InChI=1S/C11H14N.C2H6.K/c1-3-6-10-7-4-5-8-11(10)9(2)12;1-2;/h3-5,7-8H,2,6,12H2,1H3;1-2H3;/q-1;;+1. The molecule has 0 aliphatic rings. The van der Waals surface area contributed by atoms with E-state index in [0.29, 0.717) is 5.70 Å². The van der Waals surface area contributed by atoms with Crippen molar-refractivity contribution in [2.75, 3.05) is 0 Å². The third-order valence-corrected chi connectivity index (χ3v) is 1.79. The monoisotopic (exact) mass is 229 g/mol. The summed E-state index contributed by atoms with van der Waals surface area (Å²) in [5, 5.41) is 0. The molecule has 1 rings (SSSR count). The van der Waals surface area contributed by atoms with Gasteiger partial charge in [-0.3, -0.25) is 0 Å². The second kappa shape index (κ2) is 10.9. The fourth-order valence-electron chi connectivity index (χ4n) is 1.23. The summed E-state index contributed by atoms with van der Waals surface area (Å²) in [4.78, 5) is 0. The van der Waals surface area contributed by atoms with Gasteiger partial charge in [-0.05, 0) is 5.56 Å². The maximum Gasteiger partial charge on any atom is 1.00 e. The van der Waals surface area contributed by atoms with Crippen molar-refractivity contribution < 1.29 is 51.4 Å². The van der Waals surface area contributed by atoms with E-state index in [0.717, 1.165) is 12.0 Å². The van der Waals surface area contributed by atoms with Gasteiger partial charge in [-0.2, -0.15) is 13.3 Å². The number of nitrogens with two attached hydrogens (primary N) is 1. The Balaban J connectivity index is 0. The van der Waals surface area contributed by atoms with Crippen LogP contribution in [0, 0.1) is 6.42 Å². The Morgan fingerprint density at radius 2 is 1.87 bits per heavy atom. The first-order valence-corrected chi connectivity index (χ1v) is 5.06. The summed E-state index contributed by atoms with van der Waals surface area (Å²) in [6, 6.07) is 8.08. The summed E-state index contributed by atoms with van der Waals surface area (Å²) in [5.74, 6) is 0. The predicted molar refractivity (Wildman–Crippen MR) is 64.7 cm³/mol. The first-order valence-electron chi connectivity index (χ1n) is 5.06. The molecule has 15 heavy (non-hydrogen) atoms. The molecule has 0 spiro atoms. The summed E-state index contributed by atoms with van der Waals surface area (Å²) in [5.41, 5.74) is 8.59. The first kappa shape index (κ1) is 17.8. The number of benzene rings is 1. The van der Waals surface area contributed by atoms with Gasteiger partial charge in [0.05, 0.1) is 0 Å². The average Bonchev–Trinajstić information content (AvgIpc) is 2.22. The Hall–Kier alpha value is 0.396. The van der Waals surface area contributed by atoms with Gasteiger partial charge in [0, 0.05) is 5.70 Å². The van der Waals surface area contributed by atoms with E-state index in [-0.39, 0.29) is 51.4 Å². The van der Waals surface area contributed by atoms with Gasteiger partial charge in [0.1, 0.15) is 0 Å². The van der Waals surface area contributed by atoms with Crippen LogP contribution in [0.1, 0.15) is 31.9 Å². The van der Waals surface area contributed by atoms with Crippen molar-refractivity contribution in [3.63, 3.8) is 0 Å². The quantitative estimate of drug-likeness (QED) is 0.590. The molecule has 1 aromatic carbocycles. The van der Waals surface area contributed by atoms with E-state index in [1.807, 2.05) is 39.0 Å². The van der Waals surface area contributed by atoms with Crippen LogP contribution in [0.4, 0.5) is 0 Å². The number of rotatable bonds is 3. The summed E-state index contributed by atoms with van der Waals surface area (Å²) in [6.45, 7) is 9.77. The largest absolute Gasteiger partial charge is 1.00 e. The van der Waals surface area contributed by atoms with Gasteiger partial charge in [-0.25, -0.2) is 0 Å². The maximum atomic E-state index is 5.64. The molecule has 0 radical (unpaired) electrons. The third kappa shape index (κ3) is 6.54. The Kier molecular flexibility index (Phi) is 12.9. The van der Waals surface area contributed by atoms with E-state index in [1.54, 1.807) is 0 Å². The van der Waals surface area contributed by atoms with Crippen LogP contribution in [0.25, 0.3) is 5.70 Å². The fourth-order valence-corrected chi connectivity index (χ4v) is 1.23. The zero-order valence-corrected chi connectivity index (χ0v) is 13.5. The van der Waals surface area contributed by atoms with E-state index in [1.165, 1.54) is 5.56 Å². The van der Waals surface area contributed by atoms with E-state index in [9.17, 15) is 0 Å². The Labute approximate surface area is 137 Å². The zero-order valence-electron chi connectivity index (χ0n) is 10.4. The van der Waals surface area contributed by atoms with Crippen molar-refractivity contribution in [1.82, 2.24) is 0 Å². The van der Waals surface area contributed by atoms with Crippen molar-refractivity contribution in [3.05, 3.63) is 48.4 Å². The second-order valence-corrected chi connectivity index (χ2v) is 2.79. The van der Waals surface area contributed by atoms with Crippen LogP contribution in [0.2, 0.25) is 0 Å². The molecule has 0 unspecified atom stereocenters. The van der Waals surface area contributed by atoms with Crippen molar-refractivity contribution >= 4 is 5.70 Å². The van der Waals surface area contributed by atoms with Gasteiger partial charge in [-0.1, -0.05) is 50.3 Å². The van der Waals surface area contributed by atoms with E-state index < -0.39 is 0 Å². The van der Waals surface area contributed by atoms with Gasteiger partial charge >= 0.3 is 51.4 Å². The molecule has 0 aliphatic heterocycles. The van der Waals surface area contributed by atoms with Crippen LogP contribution >= 0.6 is 0 Å². The minimum Gasteiger partial charge on any atom is -0.399 e. The Morgan fingerprint density at radius 1 is 1.33 bits per heavy atom. The minimum atomic E-state index is 0. The zero-order chi connectivity index (χ0) is 11.0. The van der Waals surface area contributed by atoms with Gasteiger partial charge in [0.2, 0.25) is 0 Å². The van der Waals surface area contributed by atoms with Crippen LogP contribution < -0.4 is 57.1 Å². The molecule has 0 aliphatic carbocycles. The summed E-state index contributed by atoms with van der Waals surface area (Å²) in [7, 11) is 0. The van der Waals surface area contributed by atoms with Gasteiger partial charge < -0.3 is 12.2 Å². The van der Waals surface area contributed by atoms with E-state index >= 15 is 0 Å². The van der Waals surface area contributed by atoms with Gasteiger partial charge in [-0.15, -0.1) is 0 Å². The SMILES string of the molecule is C=C(N)c1ccccc1C[CH-]C.CC.[K+]. The average molecular weight is 229 g/mol. The first-order chi connectivity index (χ1) is 6.75. The van der Waals surface area contributed by atoms with Crippen molar-refractivity contribution in [3.8, 4) is 0 Å². The molecule has 0 bridgehead atoms. The Morgan fingerprint density at radius 3 is 2.33 bits per heavy atom. The van der Waals surface area contributed by atoms with Crippen molar-refractivity contribution in [1.29, 1.82) is 0 Å². The second-order valence-electron chi connectivity index (χ2n) is 2.79. The number of hydrogen-bond donors (Lipinski definition) is 1. The molecule has 1 nitrogen and oxygen atoms in total. The topological polar surface area (TPSA) is 26.0 Å². The molecule has 78 valence electrons. The normalized spacial score (nSPS) is 8.20. The fraction of sp³-hybridized carbons (Fsp3) is 0.308. The minimum absolute atomic E-state index is 0. The van der Waals surface area contributed by atoms with Crippen LogP contribution in [0.5, 0.6) is 0 Å². The molecule has 0 fully saturated rings. The molecule has 1 aromatic rings. The molecule has 0 atom stereocenters. The Bertz CT molecular complexity index is 282. The summed E-state index contributed by atoms with van der Waals surface area (Å²) >= 11 is 0. The third-order valence-electron chi connectivity index (χ3n) is 1.79. The molecule has 0 saturated carbocycles. The van der Waals surface area contributed by atoms with Crippen LogP contribution in [0.3, 0.4) is 0 Å². The van der Waals surface area contributed by atoms with Crippen molar-refractivity contribution in [2.45, 2.75) is 27.2 Å². The summed E-state index contributed by atoms with van der Waals surface area (Å²) in [6.07, 6.45) is 3.06. The van der Waals surface area contributed by atoms with E-state index in [2.05, 4.69) is 19.1 Å². The molecule has 2 heteroatoms. The van der Waals surface area contributed by atoms with Crippen LogP contribution in [0.15, 0.2) is 30.8 Å². The summed E-state index contributed by atoms with van der Waals surface area (Å²) < 4.78 is 0. The van der Waals surface area contributed by atoms with Gasteiger partial charge in [0.25, 0.3) is 0 Å². The molecule has 0 heterocycles. The molecular weight excluding hydrogens is 209 g/mol. The van der Waals surface area contributed by atoms with Crippen LogP contribution in [-0.2, 0) is 6.42 Å². The smallest absolute Gasteiger partial charge is 0.399 e. The molecule has 0 saturated heterocycles. The van der Waals surface area contributed by atoms with Crippen molar-refractivity contribution in [2.24, 2.45) is 5.73 Å². The molecule has 2 N–H and O–H groups in total. The maximum absolute atomic E-state index is 5.64. The molecular formula is C13H20KN. The predicted octanol–water partition coefficient (Wildman–Crippen LogP) is 0.413. The van der Waals surface area contributed by atoms with Gasteiger partial charge in [0.15, 0.2) is 0 Å². The molecule has 0 aromatic heterocycles. The number of hydrogen-bond acceptors (Lipinski definition) is 1.